The fourth-order valence-electron chi connectivity index (χ4n) is 2.37. The monoisotopic (exact) mass is 416 g/mol. The van der Waals surface area contributed by atoms with Crippen molar-refractivity contribution in [2.75, 3.05) is 12.5 Å². The fraction of sp³-hybridized carbons (Fsp3) is 0.118. The second-order valence-corrected chi connectivity index (χ2v) is 6.87. The number of para-hydroxylation sites is 1. The Morgan fingerprint density at radius 3 is 2.89 bits per heavy atom. The topological polar surface area (TPSA) is 104 Å². The van der Waals surface area contributed by atoms with Gasteiger partial charge in [-0.15, -0.1) is 5.10 Å². The molecule has 142 valence electrons. The third-order valence-electron chi connectivity index (χ3n) is 3.66. The van der Waals surface area contributed by atoms with E-state index in [1.165, 1.54) is 18.0 Å². The van der Waals surface area contributed by atoms with E-state index in [9.17, 15) is 4.79 Å². The van der Waals surface area contributed by atoms with Gasteiger partial charge in [-0.25, -0.2) is 5.43 Å². The van der Waals surface area contributed by atoms with Crippen LogP contribution in [-0.2, 0) is 4.79 Å². The number of rotatable bonds is 6. The smallest absolute Gasteiger partial charge is 0.250 e. The van der Waals surface area contributed by atoms with Crippen LogP contribution in [0.25, 0.3) is 5.69 Å². The maximum Gasteiger partial charge on any atom is 0.250 e. The Labute approximate surface area is 168 Å². The van der Waals surface area contributed by atoms with Gasteiger partial charge in [-0.1, -0.05) is 41.6 Å². The van der Waals surface area contributed by atoms with Crippen molar-refractivity contribution >= 4 is 35.5 Å². The van der Waals surface area contributed by atoms with Gasteiger partial charge in [-0.2, -0.15) is 9.78 Å². The molecule has 0 bridgehead atoms. The Morgan fingerprint density at radius 2 is 2.07 bits per heavy atom. The van der Waals surface area contributed by atoms with Crippen molar-refractivity contribution in [3.63, 3.8) is 0 Å². The summed E-state index contributed by atoms with van der Waals surface area (Å²) >= 11 is 7.36. The van der Waals surface area contributed by atoms with Crippen molar-refractivity contribution in [2.24, 2.45) is 5.10 Å². The molecule has 1 amide bonds. The molecule has 0 saturated heterocycles. The Hall–Kier alpha value is -3.11. The molecule has 3 aromatic rings. The van der Waals surface area contributed by atoms with Crippen molar-refractivity contribution in [1.29, 1.82) is 0 Å². The zero-order valence-electron chi connectivity index (χ0n) is 14.3. The first-order valence-electron chi connectivity index (χ1n) is 8.08. The van der Waals surface area contributed by atoms with Crippen LogP contribution in [0.5, 0.6) is 11.5 Å². The number of hydrogen-bond acceptors (Lipinski definition) is 8. The minimum Gasteiger partial charge on any atom is -0.454 e. The Morgan fingerprint density at radius 1 is 1.29 bits per heavy atom. The standard InChI is InChI=1S/C17H13ClN6O3S/c18-13-7-15-14(26-10-27-15)6-11(13)8-19-20-16(25)9-28-17-21-22-23-24(17)12-4-2-1-3-5-12/h1-8H,9-10H2,(H,20,25). The number of hydrogen-bond donors (Lipinski definition) is 1. The molecule has 0 atom stereocenters. The number of amides is 1. The summed E-state index contributed by atoms with van der Waals surface area (Å²) < 4.78 is 12.1. The minimum atomic E-state index is -0.305. The van der Waals surface area contributed by atoms with Gasteiger partial charge in [0.05, 0.1) is 22.7 Å². The summed E-state index contributed by atoms with van der Waals surface area (Å²) in [7, 11) is 0. The van der Waals surface area contributed by atoms with Crippen LogP contribution < -0.4 is 14.9 Å². The molecule has 4 rings (SSSR count). The zero-order chi connectivity index (χ0) is 19.3. The largest absolute Gasteiger partial charge is 0.454 e. The average molecular weight is 417 g/mol. The van der Waals surface area contributed by atoms with Gasteiger partial charge >= 0.3 is 0 Å². The van der Waals surface area contributed by atoms with Crippen LogP contribution in [0.1, 0.15) is 5.56 Å². The van der Waals surface area contributed by atoms with Gasteiger partial charge in [0.2, 0.25) is 11.9 Å². The minimum absolute atomic E-state index is 0.0966. The van der Waals surface area contributed by atoms with E-state index < -0.39 is 0 Å². The van der Waals surface area contributed by atoms with E-state index in [1.807, 2.05) is 30.3 Å². The molecule has 0 spiro atoms. The van der Waals surface area contributed by atoms with Gasteiger partial charge in [0, 0.05) is 11.6 Å². The molecule has 2 aromatic carbocycles. The third kappa shape index (κ3) is 4.07. The maximum absolute atomic E-state index is 12.0. The Balaban J connectivity index is 1.34. The Bertz CT molecular complexity index is 1030. The third-order valence-corrected chi connectivity index (χ3v) is 4.91. The van der Waals surface area contributed by atoms with E-state index in [4.69, 9.17) is 21.1 Å². The highest BCUT2D eigenvalue weighted by Crippen LogP contribution is 2.36. The lowest BCUT2D eigenvalue weighted by molar-refractivity contribution is -0.118. The van der Waals surface area contributed by atoms with Crippen molar-refractivity contribution in [3.8, 4) is 17.2 Å². The van der Waals surface area contributed by atoms with Gasteiger partial charge < -0.3 is 9.47 Å². The number of aromatic nitrogens is 4. The highest BCUT2D eigenvalue weighted by atomic mass is 35.5. The molecular formula is C17H13ClN6O3S. The van der Waals surface area contributed by atoms with E-state index in [-0.39, 0.29) is 18.5 Å². The van der Waals surface area contributed by atoms with Crippen LogP contribution in [0.3, 0.4) is 0 Å². The van der Waals surface area contributed by atoms with Crippen LogP contribution in [0.4, 0.5) is 0 Å². The molecule has 1 aromatic heterocycles. The molecule has 11 heteroatoms. The number of thioether (sulfide) groups is 1. The number of fused-ring (bicyclic) bond motifs is 1. The first kappa shape index (κ1) is 18.3. The lowest BCUT2D eigenvalue weighted by Crippen LogP contribution is -2.20. The fourth-order valence-corrected chi connectivity index (χ4v) is 3.25. The first-order chi connectivity index (χ1) is 13.7. The lowest BCUT2D eigenvalue weighted by atomic mass is 10.2. The number of nitrogens with zero attached hydrogens (tertiary/aromatic N) is 5. The summed E-state index contributed by atoms with van der Waals surface area (Å²) in [6.45, 7) is 0.155. The van der Waals surface area contributed by atoms with Gasteiger partial charge in [0.15, 0.2) is 11.5 Å². The molecule has 0 fully saturated rings. The molecule has 1 N–H and O–H groups in total. The first-order valence-corrected chi connectivity index (χ1v) is 9.45. The van der Waals surface area contributed by atoms with E-state index >= 15 is 0 Å². The predicted molar refractivity (Wildman–Crippen MR) is 103 cm³/mol. The molecule has 0 saturated carbocycles. The van der Waals surface area contributed by atoms with Gasteiger partial charge in [0.25, 0.3) is 5.91 Å². The normalized spacial score (nSPS) is 12.5. The SMILES string of the molecule is O=C(CSc1nnnn1-c1ccccc1)NN=Cc1cc2c(cc1Cl)OCO2. The summed E-state index contributed by atoms with van der Waals surface area (Å²) in [6, 6.07) is 12.8. The molecule has 0 aliphatic carbocycles. The second kappa shape index (κ2) is 8.28. The summed E-state index contributed by atoms with van der Waals surface area (Å²) in [5, 5.41) is 16.4. The molecule has 9 nitrogen and oxygen atoms in total. The van der Waals surface area contributed by atoms with E-state index in [0.29, 0.717) is 27.2 Å². The highest BCUT2D eigenvalue weighted by molar-refractivity contribution is 7.99. The van der Waals surface area contributed by atoms with Crippen molar-refractivity contribution in [1.82, 2.24) is 25.6 Å². The number of halogens is 1. The quantitative estimate of drug-likeness (QED) is 0.373. The number of carbonyl (C=O) groups excluding carboxylic acids is 1. The second-order valence-electron chi connectivity index (χ2n) is 5.52. The summed E-state index contributed by atoms with van der Waals surface area (Å²) in [5.74, 6) is 0.958. The average Bonchev–Trinajstić information content (AvgIpc) is 3.36. The van der Waals surface area contributed by atoms with Crippen molar-refractivity contribution < 1.29 is 14.3 Å². The number of carbonyl (C=O) groups is 1. The molecular weight excluding hydrogens is 404 g/mol. The lowest BCUT2D eigenvalue weighted by Gasteiger charge is -2.03. The number of benzene rings is 2. The molecule has 1 aliphatic rings. The molecule has 28 heavy (non-hydrogen) atoms. The summed E-state index contributed by atoms with van der Waals surface area (Å²) in [5.41, 5.74) is 3.86. The maximum atomic E-state index is 12.0. The predicted octanol–water partition coefficient (Wildman–Crippen LogP) is 2.29. The van der Waals surface area contributed by atoms with Crippen LogP contribution in [-0.4, -0.2) is 44.9 Å². The van der Waals surface area contributed by atoms with Crippen LogP contribution >= 0.6 is 23.4 Å². The Kier molecular flexibility index (Phi) is 5.40. The number of nitrogens with one attached hydrogen (secondary N) is 1. The van der Waals surface area contributed by atoms with Crippen LogP contribution in [0.2, 0.25) is 5.02 Å². The van der Waals surface area contributed by atoms with Gasteiger partial charge in [-0.3, -0.25) is 4.79 Å². The number of hydrazone groups is 1. The van der Waals surface area contributed by atoms with E-state index in [0.717, 1.165) is 5.69 Å². The van der Waals surface area contributed by atoms with Gasteiger partial charge in [-0.05, 0) is 28.6 Å². The zero-order valence-corrected chi connectivity index (χ0v) is 15.9. The molecule has 2 heterocycles. The van der Waals surface area contributed by atoms with Gasteiger partial charge in [0.1, 0.15) is 0 Å². The van der Waals surface area contributed by atoms with E-state index in [1.54, 1.807) is 16.8 Å². The van der Waals surface area contributed by atoms with Crippen molar-refractivity contribution in [3.05, 3.63) is 53.1 Å². The highest BCUT2D eigenvalue weighted by Gasteiger charge is 2.16. The van der Waals surface area contributed by atoms with Crippen LogP contribution in [0, 0.1) is 0 Å². The van der Waals surface area contributed by atoms with E-state index in [2.05, 4.69) is 26.1 Å². The van der Waals surface area contributed by atoms with Crippen LogP contribution in [0.15, 0.2) is 52.7 Å². The summed E-state index contributed by atoms with van der Waals surface area (Å²) in [4.78, 5) is 12.0. The number of ether oxygens (including phenoxy) is 2. The molecule has 0 radical (unpaired) electrons. The summed E-state index contributed by atoms with van der Waals surface area (Å²) in [6.07, 6.45) is 1.45. The number of tetrazole rings is 1. The molecule has 1 aliphatic heterocycles. The van der Waals surface area contributed by atoms with Crippen molar-refractivity contribution in [2.45, 2.75) is 5.16 Å². The molecule has 0 unspecified atom stereocenters.